The summed E-state index contributed by atoms with van der Waals surface area (Å²) in [6.45, 7) is 3.21. The summed E-state index contributed by atoms with van der Waals surface area (Å²) < 4.78 is 1.58. The van der Waals surface area contributed by atoms with Crippen LogP contribution in [-0.4, -0.2) is 38.3 Å². The standard InChI is InChI=1S/C12H17N7/c1-8-6-9(8)7-18(2)11-15-10(13)16-12(17-11)19-5-3-4-14-19/h3-5,8-9H,6-7H2,1-2H3,(H2,13,15,16,17). The average molecular weight is 259 g/mol. The third-order valence-electron chi connectivity index (χ3n) is 3.46. The highest BCUT2D eigenvalue weighted by molar-refractivity contribution is 5.37. The van der Waals surface area contributed by atoms with E-state index in [0.717, 1.165) is 18.4 Å². The van der Waals surface area contributed by atoms with Gasteiger partial charge in [-0.15, -0.1) is 0 Å². The van der Waals surface area contributed by atoms with Crippen LogP contribution in [0, 0.1) is 11.8 Å². The molecule has 1 aliphatic rings. The number of anilines is 2. The molecule has 2 heterocycles. The van der Waals surface area contributed by atoms with Gasteiger partial charge in [0.2, 0.25) is 11.9 Å². The van der Waals surface area contributed by atoms with Gasteiger partial charge < -0.3 is 10.6 Å². The maximum absolute atomic E-state index is 5.75. The molecule has 7 heteroatoms. The molecule has 2 aromatic rings. The Labute approximate surface area is 111 Å². The van der Waals surface area contributed by atoms with Gasteiger partial charge in [0.05, 0.1) is 0 Å². The maximum Gasteiger partial charge on any atom is 0.257 e. The van der Waals surface area contributed by atoms with Crippen molar-refractivity contribution in [3.05, 3.63) is 18.5 Å². The second-order valence-corrected chi connectivity index (χ2v) is 5.10. The average Bonchev–Trinajstić information content (AvgIpc) is 2.88. The normalized spacial score (nSPS) is 21.4. The third kappa shape index (κ3) is 2.49. The van der Waals surface area contributed by atoms with Crippen molar-refractivity contribution in [2.24, 2.45) is 11.8 Å². The van der Waals surface area contributed by atoms with Crippen LogP contribution >= 0.6 is 0 Å². The fourth-order valence-electron chi connectivity index (χ4n) is 2.12. The van der Waals surface area contributed by atoms with Crippen molar-refractivity contribution in [1.29, 1.82) is 0 Å². The lowest BCUT2D eigenvalue weighted by atomic mass is 10.3. The molecule has 0 aromatic carbocycles. The monoisotopic (exact) mass is 259 g/mol. The van der Waals surface area contributed by atoms with Crippen LogP contribution in [-0.2, 0) is 0 Å². The Morgan fingerprint density at radius 2 is 2.21 bits per heavy atom. The highest BCUT2D eigenvalue weighted by Crippen LogP contribution is 2.38. The first kappa shape index (κ1) is 11.9. The van der Waals surface area contributed by atoms with Crippen molar-refractivity contribution >= 4 is 11.9 Å². The quantitative estimate of drug-likeness (QED) is 0.871. The Balaban J connectivity index is 1.85. The minimum atomic E-state index is 0.214. The third-order valence-corrected chi connectivity index (χ3v) is 3.46. The lowest BCUT2D eigenvalue weighted by Gasteiger charge is -2.17. The fourth-order valence-corrected chi connectivity index (χ4v) is 2.12. The maximum atomic E-state index is 5.75. The lowest BCUT2D eigenvalue weighted by Crippen LogP contribution is -2.24. The Hall–Kier alpha value is -2.18. The molecular formula is C12H17N7. The first-order valence-corrected chi connectivity index (χ1v) is 6.36. The van der Waals surface area contributed by atoms with Crippen molar-refractivity contribution < 1.29 is 0 Å². The molecule has 0 aliphatic heterocycles. The molecular weight excluding hydrogens is 242 g/mol. The number of nitrogens with two attached hydrogens (primary N) is 1. The molecule has 1 saturated carbocycles. The molecule has 19 heavy (non-hydrogen) atoms. The highest BCUT2D eigenvalue weighted by atomic mass is 15.4. The van der Waals surface area contributed by atoms with Crippen molar-refractivity contribution in [3.63, 3.8) is 0 Å². The molecule has 0 spiro atoms. The molecule has 0 radical (unpaired) electrons. The molecule has 2 aromatic heterocycles. The molecule has 2 atom stereocenters. The predicted molar refractivity (Wildman–Crippen MR) is 71.9 cm³/mol. The van der Waals surface area contributed by atoms with Gasteiger partial charge in [0.1, 0.15) is 0 Å². The molecule has 1 aliphatic carbocycles. The first-order chi connectivity index (χ1) is 9.13. The molecule has 7 nitrogen and oxygen atoms in total. The van der Waals surface area contributed by atoms with Crippen LogP contribution in [0.2, 0.25) is 0 Å². The van der Waals surface area contributed by atoms with Crippen LogP contribution in [0.3, 0.4) is 0 Å². The Bertz CT molecular complexity index is 565. The van der Waals surface area contributed by atoms with Crippen molar-refractivity contribution in [2.45, 2.75) is 13.3 Å². The smallest absolute Gasteiger partial charge is 0.257 e. The Morgan fingerprint density at radius 3 is 2.84 bits per heavy atom. The van der Waals surface area contributed by atoms with Crippen molar-refractivity contribution in [1.82, 2.24) is 24.7 Å². The van der Waals surface area contributed by atoms with Gasteiger partial charge in [-0.2, -0.15) is 20.1 Å². The summed E-state index contributed by atoms with van der Waals surface area (Å²) in [5, 5.41) is 4.10. The number of rotatable bonds is 4. The summed E-state index contributed by atoms with van der Waals surface area (Å²) >= 11 is 0. The number of hydrogen-bond acceptors (Lipinski definition) is 6. The second-order valence-electron chi connectivity index (χ2n) is 5.10. The highest BCUT2D eigenvalue weighted by Gasteiger charge is 2.33. The van der Waals surface area contributed by atoms with E-state index in [-0.39, 0.29) is 5.95 Å². The van der Waals surface area contributed by atoms with Gasteiger partial charge in [-0.05, 0) is 24.3 Å². The van der Waals surface area contributed by atoms with Crippen LogP contribution < -0.4 is 10.6 Å². The summed E-state index contributed by atoms with van der Waals surface area (Å²) in [7, 11) is 1.98. The summed E-state index contributed by atoms with van der Waals surface area (Å²) in [5.74, 6) is 2.79. The summed E-state index contributed by atoms with van der Waals surface area (Å²) in [6, 6.07) is 1.81. The van der Waals surface area contributed by atoms with E-state index in [2.05, 4.69) is 27.0 Å². The molecule has 0 amide bonds. The van der Waals surface area contributed by atoms with Gasteiger partial charge >= 0.3 is 0 Å². The zero-order valence-corrected chi connectivity index (χ0v) is 11.1. The molecule has 1 fully saturated rings. The van der Waals surface area contributed by atoms with E-state index in [1.54, 1.807) is 17.1 Å². The van der Waals surface area contributed by atoms with E-state index in [9.17, 15) is 0 Å². The van der Waals surface area contributed by atoms with Crippen LogP contribution in [0.25, 0.3) is 5.95 Å². The summed E-state index contributed by atoms with van der Waals surface area (Å²) in [6.07, 6.45) is 4.73. The van der Waals surface area contributed by atoms with E-state index < -0.39 is 0 Å². The van der Waals surface area contributed by atoms with E-state index in [4.69, 9.17) is 5.73 Å². The van der Waals surface area contributed by atoms with E-state index >= 15 is 0 Å². The minimum Gasteiger partial charge on any atom is -0.368 e. The zero-order chi connectivity index (χ0) is 13.4. The van der Waals surface area contributed by atoms with Gasteiger partial charge in [-0.3, -0.25) is 0 Å². The Kier molecular flexibility index (Phi) is 2.81. The lowest BCUT2D eigenvalue weighted by molar-refractivity contribution is 0.703. The van der Waals surface area contributed by atoms with E-state index in [1.807, 2.05) is 18.0 Å². The van der Waals surface area contributed by atoms with Crippen molar-refractivity contribution in [2.75, 3.05) is 24.2 Å². The number of hydrogen-bond donors (Lipinski definition) is 1. The summed E-state index contributed by atoms with van der Waals surface area (Å²) in [4.78, 5) is 14.7. The van der Waals surface area contributed by atoms with Crippen LogP contribution in [0.5, 0.6) is 0 Å². The van der Waals surface area contributed by atoms with Crippen LogP contribution in [0.4, 0.5) is 11.9 Å². The van der Waals surface area contributed by atoms with Crippen molar-refractivity contribution in [3.8, 4) is 5.95 Å². The number of nitrogens with zero attached hydrogens (tertiary/aromatic N) is 6. The van der Waals surface area contributed by atoms with E-state index in [1.165, 1.54) is 6.42 Å². The number of aromatic nitrogens is 5. The van der Waals surface area contributed by atoms with E-state index in [0.29, 0.717) is 11.9 Å². The van der Waals surface area contributed by atoms with Crippen LogP contribution in [0.1, 0.15) is 13.3 Å². The van der Waals surface area contributed by atoms with Gasteiger partial charge in [-0.25, -0.2) is 4.68 Å². The topological polar surface area (TPSA) is 85.8 Å². The van der Waals surface area contributed by atoms with Gasteiger partial charge in [0.15, 0.2) is 0 Å². The summed E-state index contributed by atoms with van der Waals surface area (Å²) in [5.41, 5.74) is 5.75. The van der Waals surface area contributed by atoms with Gasteiger partial charge in [0, 0.05) is 26.0 Å². The second kappa shape index (κ2) is 4.49. The molecule has 0 bridgehead atoms. The minimum absolute atomic E-state index is 0.214. The zero-order valence-electron chi connectivity index (χ0n) is 11.1. The van der Waals surface area contributed by atoms with Gasteiger partial charge in [0.25, 0.3) is 5.95 Å². The first-order valence-electron chi connectivity index (χ1n) is 6.36. The largest absolute Gasteiger partial charge is 0.368 e. The predicted octanol–water partition coefficient (Wildman–Crippen LogP) is 0.732. The molecule has 3 rings (SSSR count). The Morgan fingerprint density at radius 1 is 1.42 bits per heavy atom. The molecule has 2 N–H and O–H groups in total. The fraction of sp³-hybridized carbons (Fsp3) is 0.500. The SMILES string of the molecule is CC1CC1CN(C)c1nc(N)nc(-n2cccn2)n1. The van der Waals surface area contributed by atoms with Crippen LogP contribution in [0.15, 0.2) is 18.5 Å². The van der Waals surface area contributed by atoms with Gasteiger partial charge in [-0.1, -0.05) is 6.92 Å². The number of nitrogen functional groups attached to an aromatic ring is 1. The molecule has 100 valence electrons. The molecule has 2 unspecified atom stereocenters. The molecule has 0 saturated heterocycles.